The minimum Gasteiger partial charge on any atom is -0.493 e. The molecule has 0 bridgehead atoms. The van der Waals surface area contributed by atoms with E-state index < -0.39 is 4.92 Å². The number of nitrogens with zero attached hydrogens (tertiary/aromatic N) is 1. The first kappa shape index (κ1) is 26.4. The molecule has 176 valence electrons. The van der Waals surface area contributed by atoms with Gasteiger partial charge in [-0.1, -0.05) is 6.58 Å². The molecule has 2 N–H and O–H groups in total. The van der Waals surface area contributed by atoms with E-state index >= 15 is 0 Å². The number of hydrogen-bond donors (Lipinski definition) is 2. The monoisotopic (exact) mass is 451 g/mol. The van der Waals surface area contributed by atoms with Crippen molar-refractivity contribution >= 4 is 23.5 Å². The third kappa shape index (κ3) is 9.02. The van der Waals surface area contributed by atoms with E-state index in [4.69, 9.17) is 9.47 Å². The van der Waals surface area contributed by atoms with Crippen LogP contribution in [0.25, 0.3) is 0 Å². The Kier molecular flexibility index (Phi) is 11.2. The molecule has 0 aliphatic rings. The van der Waals surface area contributed by atoms with Crippen LogP contribution in [0.4, 0.5) is 5.69 Å². The van der Waals surface area contributed by atoms with E-state index in [0.717, 1.165) is 0 Å². The molecule has 1 aromatic carbocycles. The number of esters is 1. The van der Waals surface area contributed by atoms with Gasteiger partial charge in [-0.15, -0.1) is 0 Å². The number of benzene rings is 1. The number of methoxy groups -OCH3 is 2. The van der Waals surface area contributed by atoms with Crippen LogP contribution in [0, 0.1) is 10.1 Å². The third-order valence-corrected chi connectivity index (χ3v) is 4.34. The van der Waals surface area contributed by atoms with Gasteiger partial charge >= 0.3 is 5.97 Å². The molecule has 2 amide bonds. The van der Waals surface area contributed by atoms with Gasteiger partial charge in [-0.05, 0) is 32.3 Å². The fourth-order valence-electron chi connectivity index (χ4n) is 2.64. The maximum atomic E-state index is 11.8. The molecular formula is C21H29N3O8. The number of hydrogen-bond acceptors (Lipinski definition) is 8. The van der Waals surface area contributed by atoms with Crippen molar-refractivity contribution in [3.05, 3.63) is 40.0 Å². The number of ether oxygens (including phenoxy) is 3. The van der Waals surface area contributed by atoms with Crippen molar-refractivity contribution in [1.29, 1.82) is 0 Å². The lowest BCUT2D eigenvalue weighted by Crippen LogP contribution is -2.37. The highest BCUT2D eigenvalue weighted by Gasteiger charge is 2.20. The average molecular weight is 451 g/mol. The Morgan fingerprint density at radius 1 is 1.09 bits per heavy atom. The van der Waals surface area contributed by atoms with Gasteiger partial charge in [0.25, 0.3) is 5.69 Å². The number of nitro groups is 1. The Bertz CT molecular complexity index is 854. The van der Waals surface area contributed by atoms with Gasteiger partial charge in [-0.25, -0.2) is 0 Å². The van der Waals surface area contributed by atoms with Crippen LogP contribution in [0.2, 0.25) is 0 Å². The second-order valence-electron chi connectivity index (χ2n) is 6.83. The Labute approximate surface area is 186 Å². The average Bonchev–Trinajstić information content (AvgIpc) is 2.76. The molecule has 0 fully saturated rings. The van der Waals surface area contributed by atoms with Gasteiger partial charge in [-0.2, -0.15) is 0 Å². The summed E-state index contributed by atoms with van der Waals surface area (Å²) in [5.74, 6) is -0.520. The minimum absolute atomic E-state index is 0.0111. The number of rotatable bonds is 14. The van der Waals surface area contributed by atoms with Crippen LogP contribution in [0.5, 0.6) is 11.5 Å². The normalized spacial score (nSPS) is 10.1. The fraction of sp³-hybridized carbons (Fsp3) is 0.476. The molecule has 0 heterocycles. The molecule has 11 heteroatoms. The first-order valence-electron chi connectivity index (χ1n) is 9.94. The summed E-state index contributed by atoms with van der Waals surface area (Å²) in [5.41, 5.74) is 0.612. The predicted octanol–water partition coefficient (Wildman–Crippen LogP) is 2.02. The topological polar surface area (TPSA) is 146 Å². The van der Waals surface area contributed by atoms with E-state index in [1.54, 1.807) is 6.92 Å². The summed E-state index contributed by atoms with van der Waals surface area (Å²) in [6, 6.07) is 2.79. The smallest absolute Gasteiger partial charge is 0.305 e. The van der Waals surface area contributed by atoms with E-state index in [1.807, 2.05) is 0 Å². The summed E-state index contributed by atoms with van der Waals surface area (Å²) >= 11 is 0. The van der Waals surface area contributed by atoms with Crippen molar-refractivity contribution in [2.24, 2.45) is 0 Å². The van der Waals surface area contributed by atoms with Gasteiger partial charge in [0.1, 0.15) is 0 Å². The molecule has 0 radical (unpaired) electrons. The van der Waals surface area contributed by atoms with Crippen LogP contribution in [-0.2, 0) is 25.5 Å². The largest absolute Gasteiger partial charge is 0.493 e. The van der Waals surface area contributed by atoms with Gasteiger partial charge in [0.15, 0.2) is 11.5 Å². The molecule has 0 aromatic heterocycles. The van der Waals surface area contributed by atoms with Gasteiger partial charge in [0, 0.05) is 24.0 Å². The maximum absolute atomic E-state index is 11.8. The third-order valence-electron chi connectivity index (χ3n) is 4.34. The Hall–Kier alpha value is -3.63. The zero-order valence-corrected chi connectivity index (χ0v) is 18.5. The van der Waals surface area contributed by atoms with Crippen LogP contribution in [0.1, 0.15) is 38.2 Å². The summed E-state index contributed by atoms with van der Waals surface area (Å²) < 4.78 is 15.4. The van der Waals surface area contributed by atoms with Crippen molar-refractivity contribution in [2.45, 2.75) is 39.0 Å². The first-order valence-corrected chi connectivity index (χ1v) is 9.94. The number of amides is 2. The molecule has 0 saturated carbocycles. The number of aryl methyl sites for hydroxylation is 1. The van der Waals surface area contributed by atoms with E-state index in [9.17, 15) is 24.5 Å². The quantitative estimate of drug-likeness (QED) is 0.109. The van der Waals surface area contributed by atoms with E-state index in [2.05, 4.69) is 21.9 Å². The molecular weight excluding hydrogens is 422 g/mol. The molecule has 0 spiro atoms. The summed E-state index contributed by atoms with van der Waals surface area (Å²) in [6.07, 6.45) is 1.31. The highest BCUT2D eigenvalue weighted by Crippen LogP contribution is 2.35. The zero-order valence-electron chi connectivity index (χ0n) is 18.5. The van der Waals surface area contributed by atoms with Crippen molar-refractivity contribution in [3.8, 4) is 11.5 Å². The number of nitrogens with one attached hydrogen (secondary N) is 2. The fourth-order valence-corrected chi connectivity index (χ4v) is 2.64. The molecule has 11 nitrogen and oxygen atoms in total. The molecule has 1 aromatic rings. The summed E-state index contributed by atoms with van der Waals surface area (Å²) in [4.78, 5) is 45.3. The Morgan fingerprint density at radius 2 is 1.81 bits per heavy atom. The van der Waals surface area contributed by atoms with Gasteiger partial charge in [0.05, 0.1) is 38.5 Å². The number of nitro benzene ring substituents is 1. The highest BCUT2D eigenvalue weighted by atomic mass is 16.6. The molecule has 0 atom stereocenters. The molecule has 0 saturated heterocycles. The van der Waals surface area contributed by atoms with Crippen LogP contribution in [-0.4, -0.2) is 50.2 Å². The van der Waals surface area contributed by atoms with Crippen molar-refractivity contribution in [2.75, 3.05) is 27.5 Å². The highest BCUT2D eigenvalue weighted by molar-refractivity contribution is 5.92. The minimum atomic E-state index is -0.521. The SMILES string of the molecule is C=C(C)C(=O)NCNC(=O)CCCOc1cc([N+](=O)[O-])c(CCCC(=O)OC)cc1OC. The van der Waals surface area contributed by atoms with Crippen molar-refractivity contribution in [3.63, 3.8) is 0 Å². The van der Waals surface area contributed by atoms with E-state index in [1.165, 1.54) is 26.4 Å². The molecule has 0 unspecified atom stereocenters. The van der Waals surface area contributed by atoms with Gasteiger partial charge < -0.3 is 24.8 Å². The summed E-state index contributed by atoms with van der Waals surface area (Å²) in [7, 11) is 2.70. The second-order valence-corrected chi connectivity index (χ2v) is 6.83. The molecule has 32 heavy (non-hydrogen) atoms. The number of carbonyl (C=O) groups excluding carboxylic acids is 3. The second kappa shape index (κ2) is 13.6. The number of carbonyl (C=O) groups is 3. The zero-order chi connectivity index (χ0) is 24.1. The summed E-state index contributed by atoms with van der Waals surface area (Å²) in [5, 5.41) is 16.5. The van der Waals surface area contributed by atoms with Crippen LogP contribution in [0.3, 0.4) is 0 Å². The molecule has 1 rings (SSSR count). The van der Waals surface area contributed by atoms with Crippen molar-refractivity contribution < 1.29 is 33.5 Å². The lowest BCUT2D eigenvalue weighted by molar-refractivity contribution is -0.385. The lowest BCUT2D eigenvalue weighted by atomic mass is 10.1. The van der Waals surface area contributed by atoms with Crippen LogP contribution < -0.4 is 20.1 Å². The Balaban J connectivity index is 2.62. The van der Waals surface area contributed by atoms with Crippen molar-refractivity contribution in [1.82, 2.24) is 10.6 Å². The van der Waals surface area contributed by atoms with E-state index in [-0.39, 0.29) is 55.3 Å². The summed E-state index contributed by atoms with van der Waals surface area (Å²) in [6.45, 7) is 5.16. The van der Waals surface area contributed by atoms with E-state index in [0.29, 0.717) is 36.1 Å². The molecule has 0 aliphatic carbocycles. The molecule has 0 aliphatic heterocycles. The van der Waals surface area contributed by atoms with Gasteiger partial charge in [-0.3, -0.25) is 24.5 Å². The lowest BCUT2D eigenvalue weighted by Gasteiger charge is -2.13. The first-order chi connectivity index (χ1) is 15.2. The maximum Gasteiger partial charge on any atom is 0.305 e. The van der Waals surface area contributed by atoms with Gasteiger partial charge in [0.2, 0.25) is 11.8 Å². The standard InChI is InChI=1S/C21H29N3O8/c1-14(2)21(27)23-13-22-19(25)8-6-10-32-18-12-16(24(28)29)15(11-17(18)30-3)7-5-9-20(26)31-4/h11-12H,1,5-10,13H2,2-4H3,(H,22,25)(H,23,27). The predicted molar refractivity (Wildman–Crippen MR) is 115 cm³/mol. The van der Waals surface area contributed by atoms with Crippen LogP contribution >= 0.6 is 0 Å². The Morgan fingerprint density at radius 3 is 2.41 bits per heavy atom. The van der Waals surface area contributed by atoms with Crippen LogP contribution in [0.15, 0.2) is 24.3 Å².